The molecule has 5 nitrogen and oxygen atoms in total. The molecule has 0 amide bonds. The molecule has 0 bridgehead atoms. The molecule has 0 aliphatic carbocycles. The molecule has 2 aromatic rings. The Balaban J connectivity index is 0.000000257. The second-order valence-electron chi connectivity index (χ2n) is 8.31. The Kier molecular flexibility index (Phi) is 8.65. The lowest BCUT2D eigenvalue weighted by Crippen LogP contribution is -2.36. The van der Waals surface area contributed by atoms with Gasteiger partial charge in [0.05, 0.1) is 16.7 Å². The third-order valence-corrected chi connectivity index (χ3v) is 5.53. The van der Waals surface area contributed by atoms with Crippen LogP contribution in [0.2, 0.25) is 0 Å². The van der Waals surface area contributed by atoms with Gasteiger partial charge >= 0.3 is 0 Å². The average molecular weight is 396 g/mol. The van der Waals surface area contributed by atoms with Crippen molar-refractivity contribution in [2.75, 3.05) is 6.54 Å². The number of benzene rings is 1. The fraction of sp³-hybridized carbons (Fsp3) is 0.500. The molecule has 0 saturated carbocycles. The molecule has 5 heteroatoms. The summed E-state index contributed by atoms with van der Waals surface area (Å²) >= 11 is 0. The average Bonchev–Trinajstić information content (AvgIpc) is 2.73. The summed E-state index contributed by atoms with van der Waals surface area (Å²) in [4.78, 5) is 8.59. The number of allylic oxidation sites excluding steroid dienone is 1. The Bertz CT molecular complexity index is 838. The molecule has 4 N–H and O–H groups in total. The predicted molar refractivity (Wildman–Crippen MR) is 123 cm³/mol. The number of fused-ring (bicyclic) bond motifs is 1. The minimum atomic E-state index is 0.0649. The fourth-order valence-electron chi connectivity index (χ4n) is 3.19. The number of hydrogen-bond donors (Lipinski definition) is 3. The molecule has 0 fully saturated rings. The number of nitrogens with one attached hydrogen (secondary N) is 2. The smallest absolute Gasteiger partial charge is 0.0890 e. The molecule has 2 heterocycles. The lowest BCUT2D eigenvalue weighted by Gasteiger charge is -2.25. The van der Waals surface area contributed by atoms with Crippen molar-refractivity contribution in [3.05, 3.63) is 59.7 Å². The Morgan fingerprint density at radius 1 is 1.21 bits per heavy atom. The molecule has 0 saturated heterocycles. The van der Waals surface area contributed by atoms with Crippen LogP contribution < -0.4 is 16.4 Å². The van der Waals surface area contributed by atoms with Crippen LogP contribution in [0.1, 0.15) is 59.4 Å². The highest BCUT2D eigenvalue weighted by molar-refractivity contribution is 5.74. The van der Waals surface area contributed by atoms with Crippen molar-refractivity contribution in [3.8, 4) is 0 Å². The van der Waals surface area contributed by atoms with E-state index >= 15 is 0 Å². The summed E-state index contributed by atoms with van der Waals surface area (Å²) in [7, 11) is 0. The molecule has 158 valence electrons. The summed E-state index contributed by atoms with van der Waals surface area (Å²) in [5.74, 6) is 0.773. The molecule has 0 spiro atoms. The summed E-state index contributed by atoms with van der Waals surface area (Å²) < 4.78 is 0. The largest absolute Gasteiger partial charge is 0.386 e. The van der Waals surface area contributed by atoms with Gasteiger partial charge in [0.1, 0.15) is 0 Å². The highest BCUT2D eigenvalue weighted by atomic mass is 14.9. The summed E-state index contributed by atoms with van der Waals surface area (Å²) in [6.45, 7) is 12.6. The maximum atomic E-state index is 5.99. The number of nitrogens with two attached hydrogens (primary N) is 1. The zero-order valence-electron chi connectivity index (χ0n) is 18.6. The maximum absolute atomic E-state index is 5.99. The number of nitrogens with zero attached hydrogens (tertiary/aromatic N) is 2. The molecule has 1 aromatic heterocycles. The van der Waals surface area contributed by atoms with E-state index in [4.69, 9.17) is 5.73 Å². The standard InChI is InChI=1S/C15H16N4.C9H21N/c1-11-4-5-16-10-15(11)19-9-12-2-3-13-14(8-12)18-7-6-17-13;1-5-8(3)7-9(4,10)6-2/h2-4,6-8,10,16,19H,5,9H2,1H3;8H,5-7,10H2,1-4H3/t;8-,9?/m.1/s1. The molecule has 29 heavy (non-hydrogen) atoms. The van der Waals surface area contributed by atoms with Gasteiger partial charge in [0.15, 0.2) is 0 Å². The molecule has 1 aliphatic rings. The van der Waals surface area contributed by atoms with Crippen LogP contribution in [0.3, 0.4) is 0 Å². The van der Waals surface area contributed by atoms with Gasteiger partial charge in [-0.2, -0.15) is 0 Å². The van der Waals surface area contributed by atoms with Crippen molar-refractivity contribution in [1.82, 2.24) is 20.6 Å². The van der Waals surface area contributed by atoms with E-state index in [0.717, 1.165) is 48.6 Å². The van der Waals surface area contributed by atoms with Crippen LogP contribution in [0.5, 0.6) is 0 Å². The van der Waals surface area contributed by atoms with E-state index in [1.54, 1.807) is 12.4 Å². The Morgan fingerprint density at radius 3 is 2.59 bits per heavy atom. The van der Waals surface area contributed by atoms with Gasteiger partial charge in [0.2, 0.25) is 0 Å². The van der Waals surface area contributed by atoms with Crippen molar-refractivity contribution in [2.45, 2.75) is 66.0 Å². The van der Waals surface area contributed by atoms with Crippen LogP contribution in [-0.2, 0) is 6.54 Å². The van der Waals surface area contributed by atoms with E-state index in [0.29, 0.717) is 0 Å². The van der Waals surface area contributed by atoms with Gasteiger partial charge in [-0.15, -0.1) is 0 Å². The summed E-state index contributed by atoms with van der Waals surface area (Å²) in [5.41, 5.74) is 11.5. The quantitative estimate of drug-likeness (QED) is 0.636. The van der Waals surface area contributed by atoms with Crippen molar-refractivity contribution in [2.24, 2.45) is 11.7 Å². The molecule has 1 aromatic carbocycles. The normalized spacial score (nSPS) is 16.5. The van der Waals surface area contributed by atoms with Gasteiger partial charge in [0, 0.05) is 37.2 Å². The first-order chi connectivity index (χ1) is 13.8. The summed E-state index contributed by atoms with van der Waals surface area (Å²) in [6.07, 6.45) is 11.1. The van der Waals surface area contributed by atoms with Crippen molar-refractivity contribution in [3.63, 3.8) is 0 Å². The first-order valence-corrected chi connectivity index (χ1v) is 10.7. The van der Waals surface area contributed by atoms with Gasteiger partial charge in [-0.1, -0.05) is 39.3 Å². The van der Waals surface area contributed by atoms with Crippen LogP contribution in [-0.4, -0.2) is 22.1 Å². The summed E-state index contributed by atoms with van der Waals surface area (Å²) in [5, 5.41) is 6.64. The zero-order chi connectivity index (χ0) is 21.3. The lowest BCUT2D eigenvalue weighted by molar-refractivity contribution is 0.339. The fourth-order valence-corrected chi connectivity index (χ4v) is 3.19. The van der Waals surface area contributed by atoms with Gasteiger partial charge in [-0.05, 0) is 55.9 Å². The highest BCUT2D eigenvalue weighted by Crippen LogP contribution is 2.19. The molecule has 3 rings (SSSR count). The Labute approximate surface area is 175 Å². The molecule has 1 unspecified atom stereocenters. The zero-order valence-corrected chi connectivity index (χ0v) is 18.6. The van der Waals surface area contributed by atoms with Gasteiger partial charge < -0.3 is 16.4 Å². The van der Waals surface area contributed by atoms with Crippen molar-refractivity contribution < 1.29 is 0 Å². The highest BCUT2D eigenvalue weighted by Gasteiger charge is 2.17. The van der Waals surface area contributed by atoms with Crippen molar-refractivity contribution in [1.29, 1.82) is 0 Å². The van der Waals surface area contributed by atoms with Crippen LogP contribution in [0.25, 0.3) is 11.0 Å². The molecule has 0 radical (unpaired) electrons. The van der Waals surface area contributed by atoms with Crippen LogP contribution in [0, 0.1) is 5.92 Å². The monoisotopic (exact) mass is 395 g/mol. The van der Waals surface area contributed by atoms with E-state index < -0.39 is 0 Å². The van der Waals surface area contributed by atoms with E-state index in [1.165, 1.54) is 17.6 Å². The van der Waals surface area contributed by atoms with Gasteiger partial charge in [-0.3, -0.25) is 9.97 Å². The van der Waals surface area contributed by atoms with E-state index in [9.17, 15) is 0 Å². The summed E-state index contributed by atoms with van der Waals surface area (Å²) in [6, 6.07) is 6.17. The first-order valence-electron chi connectivity index (χ1n) is 10.7. The minimum Gasteiger partial charge on any atom is -0.386 e. The lowest BCUT2D eigenvalue weighted by atomic mass is 9.87. The first kappa shape index (κ1) is 22.9. The van der Waals surface area contributed by atoms with E-state index in [1.807, 2.05) is 12.3 Å². The third kappa shape index (κ3) is 7.50. The SMILES string of the molecule is CC1=CCNC=C1NCc1ccc2nccnc2c1.CC[C@@H](C)CC(C)(N)CC. The van der Waals surface area contributed by atoms with Crippen LogP contribution in [0.15, 0.2) is 54.1 Å². The van der Waals surface area contributed by atoms with Gasteiger partial charge in [0.25, 0.3) is 0 Å². The van der Waals surface area contributed by atoms with Gasteiger partial charge in [-0.25, -0.2) is 0 Å². The predicted octanol–water partition coefficient (Wildman–Crippen LogP) is 4.66. The minimum absolute atomic E-state index is 0.0649. The second kappa shape index (κ2) is 11.0. The maximum Gasteiger partial charge on any atom is 0.0890 e. The van der Waals surface area contributed by atoms with E-state index in [2.05, 4.69) is 73.4 Å². The number of aromatic nitrogens is 2. The van der Waals surface area contributed by atoms with Crippen LogP contribution >= 0.6 is 0 Å². The topological polar surface area (TPSA) is 75.9 Å². The molecular formula is C24H37N5. The Morgan fingerprint density at radius 2 is 1.93 bits per heavy atom. The molecule has 1 aliphatic heterocycles. The number of dihydropyridines is 1. The molecule has 2 atom stereocenters. The second-order valence-corrected chi connectivity index (χ2v) is 8.31. The third-order valence-electron chi connectivity index (χ3n) is 5.53. The van der Waals surface area contributed by atoms with Crippen molar-refractivity contribution >= 4 is 11.0 Å². The Hall–Kier alpha value is -2.40. The van der Waals surface area contributed by atoms with Crippen LogP contribution in [0.4, 0.5) is 0 Å². The number of rotatable bonds is 7. The van der Waals surface area contributed by atoms with E-state index in [-0.39, 0.29) is 5.54 Å². The number of hydrogen-bond acceptors (Lipinski definition) is 5. The molecular weight excluding hydrogens is 358 g/mol.